The number of carbonyl (C=O) groups excluding carboxylic acids is 1. The zero-order chi connectivity index (χ0) is 19.2. The summed E-state index contributed by atoms with van der Waals surface area (Å²) in [5.41, 5.74) is 3.45. The van der Waals surface area contributed by atoms with Gasteiger partial charge in [0.05, 0.1) is 5.41 Å². The van der Waals surface area contributed by atoms with E-state index in [1.165, 1.54) is 49.8 Å². The summed E-state index contributed by atoms with van der Waals surface area (Å²) in [5.74, 6) is 2.03. The van der Waals surface area contributed by atoms with Crippen LogP contribution in [0.5, 0.6) is 0 Å². The summed E-state index contributed by atoms with van der Waals surface area (Å²) in [4.78, 5) is 15.7. The highest BCUT2D eigenvalue weighted by atomic mass is 16.2. The fraction of sp³-hybridized carbons (Fsp3) is 0.720. The van der Waals surface area contributed by atoms with Gasteiger partial charge in [0.25, 0.3) is 0 Å². The Balaban J connectivity index is 1.06. The summed E-state index contributed by atoms with van der Waals surface area (Å²) < 4.78 is 0. The van der Waals surface area contributed by atoms with Gasteiger partial charge < -0.3 is 5.32 Å². The van der Waals surface area contributed by atoms with Gasteiger partial charge in [-0.25, -0.2) is 0 Å². The molecule has 1 heterocycles. The molecule has 28 heavy (non-hydrogen) atoms. The minimum absolute atomic E-state index is 0.0184. The smallest absolute Gasteiger partial charge is 0.226 e. The van der Waals surface area contributed by atoms with Crippen LogP contribution in [0, 0.1) is 22.7 Å². The second-order valence-corrected chi connectivity index (χ2v) is 10.8. The Morgan fingerprint density at radius 2 is 1.86 bits per heavy atom. The number of nitrogens with one attached hydrogen (secondary N) is 1. The molecule has 6 rings (SSSR count). The number of carbonyl (C=O) groups is 1. The molecule has 0 spiro atoms. The predicted molar refractivity (Wildman–Crippen MR) is 113 cm³/mol. The van der Waals surface area contributed by atoms with Crippen LogP contribution in [0.3, 0.4) is 0 Å². The lowest BCUT2D eigenvalue weighted by atomic mass is 9.44. The summed E-state index contributed by atoms with van der Waals surface area (Å²) in [6.45, 7) is 6.72. The van der Waals surface area contributed by atoms with E-state index in [-0.39, 0.29) is 5.41 Å². The van der Waals surface area contributed by atoms with Crippen LogP contribution in [0.2, 0.25) is 0 Å². The number of fused-ring (bicyclic) bond motifs is 1. The number of amides is 1. The van der Waals surface area contributed by atoms with Gasteiger partial charge in [-0.1, -0.05) is 31.2 Å². The number of benzene rings is 1. The first-order valence-corrected chi connectivity index (χ1v) is 11.6. The van der Waals surface area contributed by atoms with Crippen molar-refractivity contribution in [2.75, 3.05) is 19.6 Å². The molecule has 4 fully saturated rings. The Labute approximate surface area is 170 Å². The highest BCUT2D eigenvalue weighted by Gasteiger charge is 2.58. The van der Waals surface area contributed by atoms with E-state index in [4.69, 9.17) is 0 Å². The SMILES string of the molecule is CC12CC3CC(C1)CC(C(=O)NCCCCN1CCc4ccccc4C1)(C3)C2. The molecule has 1 aromatic carbocycles. The minimum Gasteiger partial charge on any atom is -0.356 e. The first kappa shape index (κ1) is 18.7. The molecule has 2 atom stereocenters. The van der Waals surface area contributed by atoms with Crippen molar-refractivity contribution in [1.29, 1.82) is 0 Å². The maximum atomic E-state index is 13.1. The molecule has 0 aromatic heterocycles. The molecule has 0 radical (unpaired) electrons. The molecule has 4 bridgehead atoms. The van der Waals surface area contributed by atoms with Crippen LogP contribution >= 0.6 is 0 Å². The Bertz CT molecular complexity index is 728. The summed E-state index contributed by atoms with van der Waals surface area (Å²) in [5, 5.41) is 3.35. The van der Waals surface area contributed by atoms with Gasteiger partial charge in [-0.15, -0.1) is 0 Å². The largest absolute Gasteiger partial charge is 0.356 e. The number of rotatable bonds is 6. The van der Waals surface area contributed by atoms with E-state index in [0.29, 0.717) is 11.3 Å². The molecular weight excluding hydrogens is 344 g/mol. The van der Waals surface area contributed by atoms with Crippen LogP contribution < -0.4 is 5.32 Å². The summed E-state index contributed by atoms with van der Waals surface area (Å²) >= 11 is 0. The van der Waals surface area contributed by atoms with Crippen molar-refractivity contribution in [3.63, 3.8) is 0 Å². The summed E-state index contributed by atoms with van der Waals surface area (Å²) in [6.07, 6.45) is 11.1. The predicted octanol–water partition coefficient (Wildman–Crippen LogP) is 4.55. The average molecular weight is 381 g/mol. The van der Waals surface area contributed by atoms with Crippen molar-refractivity contribution >= 4 is 5.91 Å². The molecule has 2 unspecified atom stereocenters. The fourth-order valence-electron chi connectivity index (χ4n) is 7.58. The van der Waals surface area contributed by atoms with Gasteiger partial charge in [-0.2, -0.15) is 0 Å². The molecule has 3 heteroatoms. The van der Waals surface area contributed by atoms with Crippen LogP contribution in [0.1, 0.15) is 69.4 Å². The van der Waals surface area contributed by atoms with Crippen LogP contribution in [0.4, 0.5) is 0 Å². The van der Waals surface area contributed by atoms with E-state index >= 15 is 0 Å². The van der Waals surface area contributed by atoms with Crippen LogP contribution in [-0.2, 0) is 17.8 Å². The third-order valence-corrected chi connectivity index (χ3v) is 8.23. The molecule has 1 aromatic rings. The summed E-state index contributed by atoms with van der Waals surface area (Å²) in [7, 11) is 0. The molecule has 1 aliphatic heterocycles. The number of nitrogens with zero attached hydrogens (tertiary/aromatic N) is 1. The quantitative estimate of drug-likeness (QED) is 0.735. The van der Waals surface area contributed by atoms with E-state index in [0.717, 1.165) is 57.2 Å². The monoisotopic (exact) mass is 380 g/mol. The van der Waals surface area contributed by atoms with E-state index in [9.17, 15) is 4.79 Å². The maximum absolute atomic E-state index is 13.1. The van der Waals surface area contributed by atoms with Crippen LogP contribution in [-0.4, -0.2) is 30.4 Å². The standard InChI is InChI=1S/C25H36N2O/c1-24-13-19-12-20(14-24)16-25(15-19,18-24)23(28)26-9-4-5-10-27-11-8-21-6-2-3-7-22(21)17-27/h2-3,6-7,19-20H,4-5,8-18H2,1H3,(H,26,28). The molecular formula is C25H36N2O. The fourth-order valence-corrected chi connectivity index (χ4v) is 7.58. The van der Waals surface area contributed by atoms with E-state index in [1.807, 2.05) is 0 Å². The molecule has 1 amide bonds. The van der Waals surface area contributed by atoms with Crippen LogP contribution in [0.25, 0.3) is 0 Å². The minimum atomic E-state index is -0.0184. The van der Waals surface area contributed by atoms with Crippen molar-refractivity contribution < 1.29 is 4.79 Å². The molecule has 3 nitrogen and oxygen atoms in total. The molecule has 152 valence electrons. The second kappa shape index (κ2) is 7.16. The van der Waals surface area contributed by atoms with Gasteiger partial charge in [-0.05, 0) is 92.7 Å². The third kappa shape index (κ3) is 3.51. The molecule has 4 saturated carbocycles. The third-order valence-electron chi connectivity index (χ3n) is 8.23. The van der Waals surface area contributed by atoms with Crippen molar-refractivity contribution in [2.24, 2.45) is 22.7 Å². The Morgan fingerprint density at radius 1 is 1.11 bits per heavy atom. The molecule has 1 N–H and O–H groups in total. The van der Waals surface area contributed by atoms with E-state index in [1.54, 1.807) is 0 Å². The lowest BCUT2D eigenvalue weighted by Crippen LogP contribution is -2.56. The molecule has 0 saturated heterocycles. The maximum Gasteiger partial charge on any atom is 0.226 e. The van der Waals surface area contributed by atoms with Gasteiger partial charge >= 0.3 is 0 Å². The Morgan fingerprint density at radius 3 is 2.61 bits per heavy atom. The van der Waals surface area contributed by atoms with Crippen LogP contribution in [0.15, 0.2) is 24.3 Å². The van der Waals surface area contributed by atoms with E-state index < -0.39 is 0 Å². The zero-order valence-electron chi connectivity index (χ0n) is 17.5. The van der Waals surface area contributed by atoms with Gasteiger partial charge in [0, 0.05) is 19.6 Å². The van der Waals surface area contributed by atoms with Crippen molar-refractivity contribution in [3.8, 4) is 0 Å². The Kier molecular flexibility index (Phi) is 4.77. The topological polar surface area (TPSA) is 32.3 Å². The summed E-state index contributed by atoms with van der Waals surface area (Å²) in [6, 6.07) is 8.85. The van der Waals surface area contributed by atoms with E-state index in [2.05, 4.69) is 41.4 Å². The number of hydrogen-bond donors (Lipinski definition) is 1. The van der Waals surface area contributed by atoms with Gasteiger partial charge in [-0.3, -0.25) is 9.69 Å². The number of unbranched alkanes of at least 4 members (excludes halogenated alkanes) is 1. The lowest BCUT2D eigenvalue weighted by molar-refractivity contribution is -0.155. The molecule has 4 aliphatic carbocycles. The first-order chi connectivity index (χ1) is 13.5. The van der Waals surface area contributed by atoms with Crippen molar-refractivity contribution in [1.82, 2.24) is 10.2 Å². The van der Waals surface area contributed by atoms with Crippen molar-refractivity contribution in [2.45, 2.75) is 71.3 Å². The van der Waals surface area contributed by atoms with Gasteiger partial charge in [0.15, 0.2) is 0 Å². The second-order valence-electron chi connectivity index (χ2n) is 10.8. The first-order valence-electron chi connectivity index (χ1n) is 11.6. The normalized spacial score (nSPS) is 36.3. The highest BCUT2D eigenvalue weighted by molar-refractivity contribution is 5.83. The number of hydrogen-bond acceptors (Lipinski definition) is 2. The molecule has 5 aliphatic rings. The van der Waals surface area contributed by atoms with Gasteiger partial charge in [0.2, 0.25) is 5.91 Å². The van der Waals surface area contributed by atoms with Gasteiger partial charge in [0.1, 0.15) is 0 Å². The Hall–Kier alpha value is -1.35. The highest BCUT2D eigenvalue weighted by Crippen LogP contribution is 2.65. The van der Waals surface area contributed by atoms with Crippen molar-refractivity contribution in [3.05, 3.63) is 35.4 Å². The lowest BCUT2D eigenvalue weighted by Gasteiger charge is -2.60. The average Bonchev–Trinajstić information content (AvgIpc) is 2.65. The zero-order valence-corrected chi connectivity index (χ0v) is 17.5.